The number of carbonyl (C=O) groups is 1. The number of hydrogen-bond acceptors (Lipinski definition) is 6. The van der Waals surface area contributed by atoms with Gasteiger partial charge in [0.2, 0.25) is 15.9 Å². The molecule has 0 aliphatic carbocycles. The van der Waals surface area contributed by atoms with Gasteiger partial charge >= 0.3 is 0 Å². The highest BCUT2D eigenvalue weighted by Gasteiger charge is 2.51. The fraction of sp³-hybridized carbons (Fsp3) is 0.500. The van der Waals surface area contributed by atoms with E-state index in [0.717, 1.165) is 5.56 Å². The topological polar surface area (TPSA) is 101 Å². The number of fused-ring (bicyclic) bond motifs is 1. The summed E-state index contributed by atoms with van der Waals surface area (Å²) in [5.74, 6) is 0.169. The molecule has 138 valence electrons. The Balaban J connectivity index is 1.56. The van der Waals surface area contributed by atoms with E-state index in [2.05, 4.69) is 15.5 Å². The molecular formula is C16H20N6O3S. The maximum Gasteiger partial charge on any atom is 0.244 e. The lowest BCUT2D eigenvalue weighted by molar-refractivity contribution is -0.131. The third kappa shape index (κ3) is 3.10. The summed E-state index contributed by atoms with van der Waals surface area (Å²) in [6, 6.07) is 9.42. The van der Waals surface area contributed by atoms with Crippen LogP contribution in [0.3, 0.4) is 0 Å². The molecule has 10 heteroatoms. The zero-order chi connectivity index (χ0) is 18.3. The molecule has 0 saturated carbocycles. The summed E-state index contributed by atoms with van der Waals surface area (Å²) >= 11 is 0. The Hall–Kier alpha value is -2.33. The lowest BCUT2D eigenvalue weighted by atomic mass is 9.90. The van der Waals surface area contributed by atoms with E-state index in [-0.39, 0.29) is 30.3 Å². The fourth-order valence-electron chi connectivity index (χ4n) is 4.11. The van der Waals surface area contributed by atoms with Crippen molar-refractivity contribution in [1.29, 1.82) is 0 Å². The van der Waals surface area contributed by atoms with Crippen LogP contribution in [-0.4, -0.2) is 69.6 Å². The first-order chi connectivity index (χ1) is 12.4. The van der Waals surface area contributed by atoms with Crippen molar-refractivity contribution in [3.63, 3.8) is 0 Å². The van der Waals surface area contributed by atoms with Crippen LogP contribution < -0.4 is 0 Å². The van der Waals surface area contributed by atoms with Crippen LogP contribution in [-0.2, 0) is 21.4 Å². The van der Waals surface area contributed by atoms with Gasteiger partial charge in [0.25, 0.3) is 0 Å². The summed E-state index contributed by atoms with van der Waals surface area (Å²) in [6.45, 7) is 1.63. The van der Waals surface area contributed by atoms with Crippen LogP contribution in [0.25, 0.3) is 0 Å². The van der Waals surface area contributed by atoms with E-state index in [0.29, 0.717) is 19.6 Å². The second-order valence-corrected chi connectivity index (χ2v) is 8.85. The Morgan fingerprint density at radius 1 is 1.19 bits per heavy atom. The number of hydrogen-bond donors (Lipinski definition) is 0. The Bertz CT molecular complexity index is 886. The molecule has 3 heterocycles. The van der Waals surface area contributed by atoms with Crippen LogP contribution in [0.15, 0.2) is 36.7 Å². The van der Waals surface area contributed by atoms with E-state index in [4.69, 9.17) is 0 Å². The van der Waals surface area contributed by atoms with Crippen LogP contribution in [0, 0.1) is 11.8 Å². The highest BCUT2D eigenvalue weighted by Crippen LogP contribution is 2.46. The minimum Gasteiger partial charge on any atom is -0.340 e. The molecule has 1 amide bonds. The molecule has 0 N–H and O–H groups in total. The Morgan fingerprint density at radius 3 is 2.62 bits per heavy atom. The molecule has 2 saturated heterocycles. The van der Waals surface area contributed by atoms with Crippen molar-refractivity contribution in [1.82, 2.24) is 29.4 Å². The summed E-state index contributed by atoms with van der Waals surface area (Å²) in [7, 11) is -3.32. The second kappa shape index (κ2) is 6.44. The van der Waals surface area contributed by atoms with Gasteiger partial charge in [-0.05, 0) is 21.9 Å². The standard InChI is InChI=1S/C16H20N6O3S/c1-26(24,25)22-8-13-7-20(15(23)10-21-11-17-18-19-21)9-14(13)16(22)12-5-3-2-4-6-12/h2-6,11,13-14,16H,7-10H2,1H3/t13-,14-,16+/m1/s1. The number of likely N-dealkylation sites (tertiary alicyclic amines) is 1. The van der Waals surface area contributed by atoms with Gasteiger partial charge in [-0.15, -0.1) is 5.10 Å². The molecule has 1 aromatic carbocycles. The largest absolute Gasteiger partial charge is 0.340 e. The molecule has 2 aliphatic heterocycles. The molecule has 0 radical (unpaired) electrons. The van der Waals surface area contributed by atoms with Gasteiger partial charge in [0.05, 0.1) is 12.3 Å². The maximum atomic E-state index is 12.5. The molecule has 9 nitrogen and oxygen atoms in total. The van der Waals surface area contributed by atoms with Crippen molar-refractivity contribution < 1.29 is 13.2 Å². The third-order valence-electron chi connectivity index (χ3n) is 5.23. The van der Waals surface area contributed by atoms with Gasteiger partial charge in [-0.3, -0.25) is 4.79 Å². The Labute approximate surface area is 151 Å². The summed E-state index contributed by atoms with van der Waals surface area (Å²) in [5.41, 5.74) is 0.972. The van der Waals surface area contributed by atoms with E-state index in [9.17, 15) is 13.2 Å². The number of tetrazole rings is 1. The first-order valence-electron chi connectivity index (χ1n) is 8.44. The molecule has 0 spiro atoms. The van der Waals surface area contributed by atoms with E-state index in [1.165, 1.54) is 17.3 Å². The van der Waals surface area contributed by atoms with Gasteiger partial charge in [-0.2, -0.15) is 4.31 Å². The van der Waals surface area contributed by atoms with Crippen molar-refractivity contribution >= 4 is 15.9 Å². The average Bonchev–Trinajstić information content (AvgIpc) is 3.30. The van der Waals surface area contributed by atoms with Crippen molar-refractivity contribution in [2.24, 2.45) is 11.8 Å². The van der Waals surface area contributed by atoms with E-state index in [1.807, 2.05) is 30.3 Å². The smallest absolute Gasteiger partial charge is 0.244 e. The molecule has 0 unspecified atom stereocenters. The highest BCUT2D eigenvalue weighted by molar-refractivity contribution is 7.88. The van der Waals surface area contributed by atoms with Crippen molar-refractivity contribution in [2.45, 2.75) is 12.6 Å². The van der Waals surface area contributed by atoms with Crippen molar-refractivity contribution in [3.05, 3.63) is 42.2 Å². The first kappa shape index (κ1) is 17.1. The molecule has 4 rings (SSSR count). The Kier molecular flexibility index (Phi) is 4.23. The van der Waals surface area contributed by atoms with Crippen LogP contribution in [0.5, 0.6) is 0 Å². The van der Waals surface area contributed by atoms with Gasteiger partial charge in [-0.1, -0.05) is 30.3 Å². The zero-order valence-corrected chi connectivity index (χ0v) is 15.2. The van der Waals surface area contributed by atoms with Gasteiger partial charge in [0, 0.05) is 25.6 Å². The Morgan fingerprint density at radius 2 is 1.96 bits per heavy atom. The third-order valence-corrected chi connectivity index (χ3v) is 6.46. The predicted molar refractivity (Wildman–Crippen MR) is 92.1 cm³/mol. The van der Waals surface area contributed by atoms with Crippen LogP contribution in [0.2, 0.25) is 0 Å². The molecule has 26 heavy (non-hydrogen) atoms. The van der Waals surface area contributed by atoms with Crippen LogP contribution in [0.1, 0.15) is 11.6 Å². The molecule has 1 aromatic heterocycles. The molecule has 3 atom stereocenters. The summed E-state index contributed by atoms with van der Waals surface area (Å²) in [6.07, 6.45) is 2.66. The van der Waals surface area contributed by atoms with Crippen LogP contribution >= 0.6 is 0 Å². The number of benzene rings is 1. The fourth-order valence-corrected chi connectivity index (χ4v) is 5.26. The summed E-state index contributed by atoms with van der Waals surface area (Å²) in [4.78, 5) is 14.3. The lowest BCUT2D eigenvalue weighted by Gasteiger charge is -2.28. The average molecular weight is 376 g/mol. The molecule has 2 aromatic rings. The first-order valence-corrected chi connectivity index (χ1v) is 10.3. The second-order valence-electron chi connectivity index (χ2n) is 6.92. The van der Waals surface area contributed by atoms with Crippen molar-refractivity contribution in [2.75, 3.05) is 25.9 Å². The monoisotopic (exact) mass is 376 g/mol. The minimum atomic E-state index is -3.32. The highest BCUT2D eigenvalue weighted by atomic mass is 32.2. The summed E-state index contributed by atoms with van der Waals surface area (Å²) < 4.78 is 27.6. The molecule has 2 fully saturated rings. The normalized spacial score (nSPS) is 26.2. The predicted octanol–water partition coefficient (Wildman–Crippen LogP) is -0.236. The van der Waals surface area contributed by atoms with Gasteiger partial charge in [0.15, 0.2) is 0 Å². The number of carbonyl (C=O) groups excluding carboxylic acids is 1. The number of nitrogens with zero attached hydrogens (tertiary/aromatic N) is 6. The van der Waals surface area contributed by atoms with Gasteiger partial charge < -0.3 is 4.90 Å². The maximum absolute atomic E-state index is 12.5. The zero-order valence-electron chi connectivity index (χ0n) is 14.3. The number of aromatic nitrogens is 4. The van der Waals surface area contributed by atoms with E-state index >= 15 is 0 Å². The van der Waals surface area contributed by atoms with E-state index in [1.54, 1.807) is 9.21 Å². The molecule has 0 bridgehead atoms. The minimum absolute atomic E-state index is 0.0515. The number of rotatable bonds is 4. The van der Waals surface area contributed by atoms with Crippen LogP contribution in [0.4, 0.5) is 0 Å². The SMILES string of the molecule is CS(=O)(=O)N1C[C@H]2CN(C(=O)Cn3cnnn3)C[C@H]2[C@@H]1c1ccccc1. The molecule has 2 aliphatic rings. The van der Waals surface area contributed by atoms with E-state index < -0.39 is 10.0 Å². The molecular weight excluding hydrogens is 356 g/mol. The van der Waals surface area contributed by atoms with Gasteiger partial charge in [0.1, 0.15) is 12.9 Å². The quantitative estimate of drug-likeness (QED) is 0.730. The number of amides is 1. The lowest BCUT2D eigenvalue weighted by Crippen LogP contribution is -2.38. The summed E-state index contributed by atoms with van der Waals surface area (Å²) in [5, 5.41) is 10.8. The van der Waals surface area contributed by atoms with Gasteiger partial charge in [-0.25, -0.2) is 13.1 Å². The van der Waals surface area contributed by atoms with Crippen molar-refractivity contribution in [3.8, 4) is 0 Å². The number of sulfonamides is 1.